The van der Waals surface area contributed by atoms with Gasteiger partial charge in [0.25, 0.3) is 5.56 Å². The Morgan fingerprint density at radius 3 is 2.59 bits per heavy atom. The van der Waals surface area contributed by atoms with Crippen LogP contribution < -0.4 is 11.2 Å². The maximum atomic E-state index is 13.5. The molecule has 0 saturated carbocycles. The average molecular weight is 405 g/mol. The molecule has 136 valence electrons. The maximum Gasteiger partial charge on any atom is 0.337 e. The standard InChI is InChI=1S/C18H11Cl2FN4O2/c1-10-6-12(9-23-8-10)25-17(26)15(11-2-3-14(21)13(19)7-11)16(20)24(5-4-22)18(25)27/h2-3,6-9H,5H2,1H3. The highest BCUT2D eigenvalue weighted by Gasteiger charge is 2.21. The molecule has 27 heavy (non-hydrogen) atoms. The fourth-order valence-electron chi connectivity index (χ4n) is 2.62. The second-order valence-electron chi connectivity index (χ2n) is 5.68. The Morgan fingerprint density at radius 1 is 1.22 bits per heavy atom. The van der Waals surface area contributed by atoms with E-state index in [-0.39, 0.29) is 33.5 Å². The zero-order valence-electron chi connectivity index (χ0n) is 13.9. The van der Waals surface area contributed by atoms with Crippen LogP contribution in [0.25, 0.3) is 16.8 Å². The minimum absolute atomic E-state index is 0.0741. The fraction of sp³-hybridized carbons (Fsp3) is 0.111. The van der Waals surface area contributed by atoms with Gasteiger partial charge in [0, 0.05) is 6.20 Å². The van der Waals surface area contributed by atoms with Crippen molar-refractivity contribution in [2.75, 3.05) is 0 Å². The van der Waals surface area contributed by atoms with E-state index < -0.39 is 17.1 Å². The lowest BCUT2D eigenvalue weighted by Gasteiger charge is -2.14. The molecular weight excluding hydrogens is 394 g/mol. The Kier molecular flexibility index (Phi) is 5.13. The second-order valence-corrected chi connectivity index (χ2v) is 6.45. The highest BCUT2D eigenvalue weighted by atomic mass is 35.5. The van der Waals surface area contributed by atoms with Crippen LogP contribution in [0, 0.1) is 24.1 Å². The van der Waals surface area contributed by atoms with Crippen LogP contribution in [0.2, 0.25) is 10.2 Å². The Bertz CT molecular complexity index is 1210. The quantitative estimate of drug-likeness (QED) is 0.626. The van der Waals surface area contributed by atoms with E-state index in [1.54, 1.807) is 19.2 Å². The van der Waals surface area contributed by atoms with E-state index in [9.17, 15) is 14.0 Å². The zero-order valence-corrected chi connectivity index (χ0v) is 15.4. The molecule has 0 unspecified atom stereocenters. The summed E-state index contributed by atoms with van der Waals surface area (Å²) >= 11 is 12.1. The molecule has 9 heteroatoms. The largest absolute Gasteiger partial charge is 0.337 e. The lowest BCUT2D eigenvalue weighted by Crippen LogP contribution is -2.40. The van der Waals surface area contributed by atoms with E-state index in [1.807, 2.05) is 6.07 Å². The summed E-state index contributed by atoms with van der Waals surface area (Å²) in [5, 5.41) is 8.61. The van der Waals surface area contributed by atoms with Crippen molar-refractivity contribution in [2.45, 2.75) is 13.5 Å². The monoisotopic (exact) mass is 404 g/mol. The number of rotatable bonds is 3. The third-order valence-electron chi connectivity index (χ3n) is 3.84. The highest BCUT2D eigenvalue weighted by Crippen LogP contribution is 2.27. The van der Waals surface area contributed by atoms with Crippen LogP contribution in [0.3, 0.4) is 0 Å². The fourth-order valence-corrected chi connectivity index (χ4v) is 3.12. The molecule has 0 atom stereocenters. The van der Waals surface area contributed by atoms with Crippen molar-refractivity contribution in [3.63, 3.8) is 0 Å². The predicted octanol–water partition coefficient (Wildman–Crippen LogP) is 3.34. The summed E-state index contributed by atoms with van der Waals surface area (Å²) < 4.78 is 15.3. The molecule has 0 radical (unpaired) electrons. The number of nitriles is 1. The number of hydrogen-bond donors (Lipinski definition) is 0. The third-order valence-corrected chi connectivity index (χ3v) is 4.52. The summed E-state index contributed by atoms with van der Waals surface area (Å²) in [5.41, 5.74) is -0.410. The SMILES string of the molecule is Cc1cncc(-n2c(=O)c(-c3ccc(F)c(Cl)c3)c(Cl)n(CC#N)c2=O)c1. The summed E-state index contributed by atoms with van der Waals surface area (Å²) in [6.07, 6.45) is 2.92. The minimum Gasteiger partial charge on any atom is -0.269 e. The number of hydrogen-bond acceptors (Lipinski definition) is 4. The highest BCUT2D eigenvalue weighted by molar-refractivity contribution is 6.33. The molecule has 0 N–H and O–H groups in total. The molecular formula is C18H11Cl2FN4O2. The topological polar surface area (TPSA) is 80.7 Å². The summed E-state index contributed by atoms with van der Waals surface area (Å²) in [7, 11) is 0. The Balaban J connectivity index is 2.44. The first-order chi connectivity index (χ1) is 12.8. The van der Waals surface area contributed by atoms with Gasteiger partial charge in [-0.2, -0.15) is 5.26 Å². The van der Waals surface area contributed by atoms with Gasteiger partial charge in [0.1, 0.15) is 17.5 Å². The molecule has 0 spiro atoms. The van der Waals surface area contributed by atoms with Crippen LogP contribution in [-0.2, 0) is 6.54 Å². The number of aromatic nitrogens is 3. The molecule has 1 aromatic carbocycles. The van der Waals surface area contributed by atoms with Gasteiger partial charge in [-0.3, -0.25) is 14.3 Å². The van der Waals surface area contributed by atoms with Crippen molar-refractivity contribution in [1.82, 2.24) is 14.1 Å². The first-order valence-electron chi connectivity index (χ1n) is 7.65. The molecule has 3 aromatic rings. The van der Waals surface area contributed by atoms with E-state index in [4.69, 9.17) is 28.5 Å². The van der Waals surface area contributed by atoms with Crippen LogP contribution in [0.4, 0.5) is 4.39 Å². The molecule has 0 aliphatic heterocycles. The summed E-state index contributed by atoms with van der Waals surface area (Å²) in [5.74, 6) is -0.662. The van der Waals surface area contributed by atoms with Gasteiger partial charge < -0.3 is 0 Å². The van der Waals surface area contributed by atoms with Gasteiger partial charge in [0.2, 0.25) is 0 Å². The molecule has 6 nitrogen and oxygen atoms in total. The van der Waals surface area contributed by atoms with E-state index in [1.165, 1.54) is 18.3 Å². The lowest BCUT2D eigenvalue weighted by atomic mass is 10.1. The molecule has 0 bridgehead atoms. The van der Waals surface area contributed by atoms with E-state index in [0.29, 0.717) is 0 Å². The first kappa shape index (κ1) is 18.8. The van der Waals surface area contributed by atoms with Crippen molar-refractivity contribution in [3.05, 3.63) is 79.1 Å². The Labute approximate surface area is 162 Å². The molecule has 0 aliphatic carbocycles. The number of nitrogens with zero attached hydrogens (tertiary/aromatic N) is 4. The van der Waals surface area contributed by atoms with Crippen LogP contribution in [0.15, 0.2) is 46.2 Å². The minimum atomic E-state index is -0.782. The second kappa shape index (κ2) is 7.35. The smallest absolute Gasteiger partial charge is 0.269 e. The number of aryl methyl sites for hydroxylation is 1. The van der Waals surface area contributed by atoms with Crippen LogP contribution >= 0.6 is 23.2 Å². The summed E-state index contributed by atoms with van der Waals surface area (Å²) in [4.78, 5) is 29.9. The van der Waals surface area contributed by atoms with Gasteiger partial charge >= 0.3 is 5.69 Å². The van der Waals surface area contributed by atoms with Crippen molar-refractivity contribution >= 4 is 23.2 Å². The van der Waals surface area contributed by atoms with Gasteiger partial charge in [-0.25, -0.2) is 13.8 Å². The van der Waals surface area contributed by atoms with Gasteiger partial charge in [-0.15, -0.1) is 0 Å². The van der Waals surface area contributed by atoms with Crippen LogP contribution in [0.1, 0.15) is 5.56 Å². The third kappa shape index (κ3) is 3.37. The predicted molar refractivity (Wildman–Crippen MR) is 99.9 cm³/mol. The van der Waals surface area contributed by atoms with E-state index in [0.717, 1.165) is 20.8 Å². The molecule has 0 aliphatic rings. The molecule has 0 amide bonds. The summed E-state index contributed by atoms with van der Waals surface area (Å²) in [6.45, 7) is 1.38. The molecule has 3 rings (SSSR count). The van der Waals surface area contributed by atoms with Crippen molar-refractivity contribution < 1.29 is 4.39 Å². The normalized spacial score (nSPS) is 10.6. The van der Waals surface area contributed by atoms with Crippen molar-refractivity contribution in [1.29, 1.82) is 5.26 Å². The van der Waals surface area contributed by atoms with Crippen LogP contribution in [-0.4, -0.2) is 14.1 Å². The molecule has 0 fully saturated rings. The van der Waals surface area contributed by atoms with Gasteiger partial charge in [-0.1, -0.05) is 29.3 Å². The van der Waals surface area contributed by atoms with Gasteiger partial charge in [0.15, 0.2) is 0 Å². The summed E-state index contributed by atoms with van der Waals surface area (Å²) in [6, 6.07) is 7.08. The molecule has 2 heterocycles. The first-order valence-corrected chi connectivity index (χ1v) is 8.40. The van der Waals surface area contributed by atoms with E-state index >= 15 is 0 Å². The van der Waals surface area contributed by atoms with Crippen LogP contribution in [0.5, 0.6) is 0 Å². The lowest BCUT2D eigenvalue weighted by molar-refractivity contribution is 0.628. The molecule has 2 aromatic heterocycles. The zero-order chi connectivity index (χ0) is 19.7. The van der Waals surface area contributed by atoms with E-state index in [2.05, 4.69) is 4.98 Å². The van der Waals surface area contributed by atoms with Crippen molar-refractivity contribution in [3.8, 4) is 22.9 Å². The number of pyridine rings is 1. The Morgan fingerprint density at radius 2 is 1.96 bits per heavy atom. The Hall–Kier alpha value is -2.95. The van der Waals surface area contributed by atoms with Gasteiger partial charge in [-0.05, 0) is 36.2 Å². The average Bonchev–Trinajstić information content (AvgIpc) is 2.62. The number of halogens is 3. The maximum absolute atomic E-state index is 13.5. The van der Waals surface area contributed by atoms with Crippen molar-refractivity contribution in [2.24, 2.45) is 0 Å². The van der Waals surface area contributed by atoms with Gasteiger partial charge in [0.05, 0.1) is 28.5 Å². The molecule has 0 saturated heterocycles. The number of benzene rings is 1.